The normalized spacial score (nSPS) is 27.7. The lowest BCUT2D eigenvalue weighted by Crippen LogP contribution is -2.41. The molecule has 0 aromatic carbocycles. The fourth-order valence-electron chi connectivity index (χ4n) is 2.96. The average Bonchev–Trinajstić information content (AvgIpc) is 2.74. The van der Waals surface area contributed by atoms with Gasteiger partial charge in [0.25, 0.3) is 0 Å². The Kier molecular flexibility index (Phi) is 9.13. The van der Waals surface area contributed by atoms with Crippen molar-refractivity contribution in [2.24, 2.45) is 5.92 Å². The molecule has 0 aromatic heterocycles. The van der Waals surface area contributed by atoms with Gasteiger partial charge in [0.15, 0.2) is 5.78 Å². The summed E-state index contributed by atoms with van der Waals surface area (Å²) in [4.78, 5) is 16.5. The Balaban J connectivity index is 2.52. The minimum atomic E-state index is -0.888. The second-order valence-corrected chi connectivity index (χ2v) is 7.92. The third kappa shape index (κ3) is 7.29. The van der Waals surface area contributed by atoms with Gasteiger partial charge in [-0.15, -0.1) is 0 Å². The van der Waals surface area contributed by atoms with Crippen LogP contribution in [-0.2, 0) is 14.4 Å². The van der Waals surface area contributed by atoms with Crippen molar-refractivity contribution in [3.05, 3.63) is 23.8 Å². The highest BCUT2D eigenvalue weighted by Gasteiger charge is 2.36. The SMILES string of the molecule is CC(CCCC1(C)OCC(=CCO)CC[C@H]1O)C(=O)C=CC(C)(C)OO. The zero-order valence-electron chi connectivity index (χ0n) is 16.4. The summed E-state index contributed by atoms with van der Waals surface area (Å²) in [6.45, 7) is 7.50. The van der Waals surface area contributed by atoms with Crippen LogP contribution in [0.5, 0.6) is 0 Å². The Morgan fingerprint density at radius 3 is 2.81 bits per heavy atom. The van der Waals surface area contributed by atoms with Crippen LogP contribution in [-0.4, -0.2) is 51.8 Å². The standard InChI is InChI=1S/C20H34O6/c1-15(17(22)9-12-19(2,3)26-24)6-5-11-20(4)18(23)8-7-16(10-13-21)14-25-20/h9-10,12,15,18,21,23-24H,5-8,11,13-14H2,1-4H3/t15?,18-,20?/m1/s1. The third-order valence-corrected chi connectivity index (χ3v) is 5.09. The molecule has 0 bridgehead atoms. The van der Waals surface area contributed by atoms with Crippen molar-refractivity contribution >= 4 is 5.78 Å². The summed E-state index contributed by atoms with van der Waals surface area (Å²) in [5.41, 5.74) is -0.519. The molecule has 1 aliphatic rings. The van der Waals surface area contributed by atoms with Crippen molar-refractivity contribution in [1.29, 1.82) is 0 Å². The van der Waals surface area contributed by atoms with Crippen LogP contribution in [0.2, 0.25) is 0 Å². The van der Waals surface area contributed by atoms with Gasteiger partial charge in [-0.3, -0.25) is 10.1 Å². The maximum atomic E-state index is 12.2. The predicted octanol–water partition coefficient (Wildman–Crippen LogP) is 3.04. The van der Waals surface area contributed by atoms with E-state index < -0.39 is 17.3 Å². The zero-order valence-corrected chi connectivity index (χ0v) is 16.4. The molecule has 6 heteroatoms. The Morgan fingerprint density at radius 2 is 2.19 bits per heavy atom. The molecule has 1 rings (SSSR count). The van der Waals surface area contributed by atoms with Gasteiger partial charge in [-0.05, 0) is 70.6 Å². The topological polar surface area (TPSA) is 96.2 Å². The Hall–Kier alpha value is -1.05. The molecule has 3 atom stereocenters. The quantitative estimate of drug-likeness (QED) is 0.250. The van der Waals surface area contributed by atoms with Gasteiger partial charge in [-0.2, -0.15) is 0 Å². The van der Waals surface area contributed by atoms with E-state index in [4.69, 9.17) is 15.1 Å². The fraction of sp³-hybridized carbons (Fsp3) is 0.750. The van der Waals surface area contributed by atoms with Crippen LogP contribution in [0.25, 0.3) is 0 Å². The van der Waals surface area contributed by atoms with Gasteiger partial charge in [0, 0.05) is 5.92 Å². The number of aliphatic hydroxyl groups excluding tert-OH is 2. The summed E-state index contributed by atoms with van der Waals surface area (Å²) in [6.07, 6.45) is 7.60. The number of aliphatic hydroxyl groups is 2. The van der Waals surface area contributed by atoms with Crippen LogP contribution in [0.4, 0.5) is 0 Å². The summed E-state index contributed by atoms with van der Waals surface area (Å²) in [7, 11) is 0. The van der Waals surface area contributed by atoms with Gasteiger partial charge >= 0.3 is 0 Å². The summed E-state index contributed by atoms with van der Waals surface area (Å²) in [6, 6.07) is 0. The van der Waals surface area contributed by atoms with E-state index in [-0.39, 0.29) is 18.3 Å². The van der Waals surface area contributed by atoms with Crippen LogP contribution in [0.15, 0.2) is 23.8 Å². The smallest absolute Gasteiger partial charge is 0.158 e. The molecule has 1 heterocycles. The molecule has 0 spiro atoms. The molecule has 0 amide bonds. The molecule has 1 aliphatic heterocycles. The first-order chi connectivity index (χ1) is 12.1. The summed E-state index contributed by atoms with van der Waals surface area (Å²) in [5.74, 6) is -0.173. The monoisotopic (exact) mass is 370 g/mol. The molecule has 1 fully saturated rings. The number of carbonyl (C=O) groups excluding carboxylic acids is 1. The van der Waals surface area contributed by atoms with Gasteiger partial charge in [-0.1, -0.05) is 13.0 Å². The first-order valence-corrected chi connectivity index (χ1v) is 9.30. The lowest BCUT2D eigenvalue weighted by molar-refractivity contribution is -0.297. The van der Waals surface area contributed by atoms with Crippen molar-refractivity contribution in [2.45, 2.75) is 77.1 Å². The van der Waals surface area contributed by atoms with Gasteiger partial charge in [-0.25, -0.2) is 4.89 Å². The minimum Gasteiger partial charge on any atom is -0.392 e. The molecule has 0 saturated carbocycles. The lowest BCUT2D eigenvalue weighted by Gasteiger charge is -2.33. The van der Waals surface area contributed by atoms with E-state index in [0.29, 0.717) is 25.9 Å². The van der Waals surface area contributed by atoms with Crippen molar-refractivity contribution in [1.82, 2.24) is 0 Å². The van der Waals surface area contributed by atoms with Gasteiger partial charge in [0.2, 0.25) is 0 Å². The second kappa shape index (κ2) is 10.3. The number of carbonyl (C=O) groups is 1. The molecule has 0 aliphatic carbocycles. The molecule has 150 valence electrons. The van der Waals surface area contributed by atoms with E-state index in [2.05, 4.69) is 4.89 Å². The maximum absolute atomic E-state index is 12.2. The molecule has 1 saturated heterocycles. The lowest BCUT2D eigenvalue weighted by atomic mass is 9.87. The largest absolute Gasteiger partial charge is 0.392 e. The van der Waals surface area contributed by atoms with Gasteiger partial charge in [0.1, 0.15) is 5.60 Å². The summed E-state index contributed by atoms with van der Waals surface area (Å²) >= 11 is 0. The first kappa shape index (κ1) is 23.0. The first-order valence-electron chi connectivity index (χ1n) is 9.30. The van der Waals surface area contributed by atoms with Crippen LogP contribution in [0.3, 0.4) is 0 Å². The molecule has 0 radical (unpaired) electrons. The van der Waals surface area contributed by atoms with E-state index in [9.17, 15) is 9.90 Å². The van der Waals surface area contributed by atoms with E-state index >= 15 is 0 Å². The Bertz CT molecular complexity index is 510. The number of ether oxygens (including phenoxy) is 1. The van der Waals surface area contributed by atoms with E-state index in [1.807, 2.05) is 13.8 Å². The second-order valence-electron chi connectivity index (χ2n) is 7.92. The highest BCUT2D eigenvalue weighted by atomic mass is 17.1. The third-order valence-electron chi connectivity index (χ3n) is 5.09. The van der Waals surface area contributed by atoms with E-state index in [0.717, 1.165) is 18.4 Å². The molecule has 3 N–H and O–H groups in total. The Morgan fingerprint density at radius 1 is 1.50 bits per heavy atom. The van der Waals surface area contributed by atoms with Crippen LogP contribution in [0, 0.1) is 5.92 Å². The number of allylic oxidation sites excluding steroid dienone is 1. The van der Waals surface area contributed by atoms with Crippen LogP contribution < -0.4 is 0 Å². The highest BCUT2D eigenvalue weighted by molar-refractivity contribution is 5.91. The maximum Gasteiger partial charge on any atom is 0.158 e. The molecule has 26 heavy (non-hydrogen) atoms. The highest BCUT2D eigenvalue weighted by Crippen LogP contribution is 2.31. The average molecular weight is 370 g/mol. The number of hydrogen-bond donors (Lipinski definition) is 3. The summed E-state index contributed by atoms with van der Waals surface area (Å²) < 4.78 is 5.94. The minimum absolute atomic E-state index is 0.0171. The van der Waals surface area contributed by atoms with Crippen LogP contribution in [0.1, 0.15) is 59.8 Å². The van der Waals surface area contributed by atoms with Crippen molar-refractivity contribution in [3.63, 3.8) is 0 Å². The van der Waals surface area contributed by atoms with E-state index in [1.165, 1.54) is 6.08 Å². The summed E-state index contributed by atoms with van der Waals surface area (Å²) in [5, 5.41) is 28.2. The van der Waals surface area contributed by atoms with Gasteiger partial charge < -0.3 is 14.9 Å². The Labute approximate surface area is 156 Å². The van der Waals surface area contributed by atoms with E-state index in [1.54, 1.807) is 26.0 Å². The van der Waals surface area contributed by atoms with Crippen LogP contribution >= 0.6 is 0 Å². The molecule has 2 unspecified atom stereocenters. The molecular formula is C20H34O6. The molecule has 6 nitrogen and oxygen atoms in total. The molecule has 0 aromatic rings. The van der Waals surface area contributed by atoms with Crippen molar-refractivity contribution in [2.75, 3.05) is 13.2 Å². The number of hydrogen-bond acceptors (Lipinski definition) is 6. The van der Waals surface area contributed by atoms with Crippen molar-refractivity contribution in [3.8, 4) is 0 Å². The van der Waals surface area contributed by atoms with Crippen molar-refractivity contribution < 1.29 is 29.9 Å². The number of rotatable bonds is 9. The fourth-order valence-corrected chi connectivity index (χ4v) is 2.96. The number of ketones is 1. The molecular weight excluding hydrogens is 336 g/mol. The van der Waals surface area contributed by atoms with Gasteiger partial charge in [0.05, 0.1) is 24.9 Å². The predicted molar refractivity (Wildman–Crippen MR) is 99.7 cm³/mol. The zero-order chi connectivity index (χ0) is 19.8.